The van der Waals surface area contributed by atoms with Crippen LogP contribution in [0.2, 0.25) is 0 Å². The summed E-state index contributed by atoms with van der Waals surface area (Å²) in [5.41, 5.74) is 12.6. The van der Waals surface area contributed by atoms with Crippen molar-refractivity contribution in [1.29, 1.82) is 0 Å². The van der Waals surface area contributed by atoms with E-state index >= 15 is 0 Å². The first-order valence-corrected chi connectivity index (χ1v) is 6.49. The molecule has 0 amide bonds. The molecule has 6 nitrogen and oxygen atoms in total. The second-order valence-corrected chi connectivity index (χ2v) is 4.70. The van der Waals surface area contributed by atoms with Crippen LogP contribution in [0.25, 0.3) is 0 Å². The zero-order valence-corrected chi connectivity index (χ0v) is 11.1. The van der Waals surface area contributed by atoms with Gasteiger partial charge < -0.3 is 21.7 Å². The minimum Gasteiger partial charge on any atom is -0.383 e. The van der Waals surface area contributed by atoms with Gasteiger partial charge in [-0.25, -0.2) is 0 Å². The van der Waals surface area contributed by atoms with Crippen molar-refractivity contribution in [3.05, 3.63) is 5.56 Å². The Morgan fingerprint density at radius 1 is 1.39 bits per heavy atom. The van der Waals surface area contributed by atoms with E-state index in [2.05, 4.69) is 27.1 Å². The van der Waals surface area contributed by atoms with E-state index in [-0.39, 0.29) is 5.95 Å². The lowest BCUT2D eigenvalue weighted by Gasteiger charge is -2.34. The molecule has 1 atom stereocenters. The number of piperidine rings is 1. The molecule has 1 saturated heterocycles. The molecular weight excluding hydrogens is 228 g/mol. The number of nitrogens with zero attached hydrogens (tertiary/aromatic N) is 3. The fourth-order valence-electron chi connectivity index (χ4n) is 2.51. The maximum absolute atomic E-state index is 5.93. The maximum Gasteiger partial charge on any atom is 0.223 e. The van der Waals surface area contributed by atoms with Gasteiger partial charge >= 0.3 is 0 Å². The largest absolute Gasteiger partial charge is 0.383 e. The lowest BCUT2D eigenvalue weighted by Crippen LogP contribution is -2.45. The molecule has 1 aliphatic heterocycles. The number of aromatic nitrogens is 2. The van der Waals surface area contributed by atoms with E-state index in [4.69, 9.17) is 11.5 Å². The van der Waals surface area contributed by atoms with E-state index < -0.39 is 0 Å². The molecule has 100 valence electrons. The third kappa shape index (κ3) is 2.48. The zero-order valence-electron chi connectivity index (χ0n) is 11.1. The number of hydrogen-bond donors (Lipinski definition) is 3. The molecule has 0 saturated carbocycles. The Labute approximate surface area is 108 Å². The van der Waals surface area contributed by atoms with Crippen LogP contribution in [-0.2, 0) is 6.42 Å². The summed E-state index contributed by atoms with van der Waals surface area (Å²) in [5, 5.41) is 3.32. The second kappa shape index (κ2) is 5.39. The fourth-order valence-corrected chi connectivity index (χ4v) is 2.51. The number of hydrogen-bond acceptors (Lipinski definition) is 6. The highest BCUT2D eigenvalue weighted by Gasteiger charge is 2.23. The topological polar surface area (TPSA) is 93.1 Å². The first-order valence-electron chi connectivity index (χ1n) is 6.49. The van der Waals surface area contributed by atoms with Crippen molar-refractivity contribution in [2.75, 3.05) is 36.5 Å². The molecule has 0 radical (unpaired) electrons. The Kier molecular flexibility index (Phi) is 3.86. The number of nitrogens with one attached hydrogen (secondary N) is 1. The Hall–Kier alpha value is -1.56. The highest BCUT2D eigenvalue weighted by atomic mass is 15.2. The SMILES string of the molecule is CCc1c(N)nc(N)nc1N1CCCC(NC)C1. The van der Waals surface area contributed by atoms with Crippen LogP contribution in [0.5, 0.6) is 0 Å². The molecular formula is C12H22N6. The van der Waals surface area contributed by atoms with Crippen LogP contribution in [0, 0.1) is 0 Å². The predicted molar refractivity (Wildman–Crippen MR) is 74.5 cm³/mol. The van der Waals surface area contributed by atoms with Crippen LogP contribution in [0.15, 0.2) is 0 Å². The summed E-state index contributed by atoms with van der Waals surface area (Å²) in [6.07, 6.45) is 3.17. The molecule has 0 bridgehead atoms. The summed E-state index contributed by atoms with van der Waals surface area (Å²) >= 11 is 0. The summed E-state index contributed by atoms with van der Waals surface area (Å²) in [6, 6.07) is 0.501. The average molecular weight is 250 g/mol. The lowest BCUT2D eigenvalue weighted by molar-refractivity contribution is 0.447. The molecule has 1 unspecified atom stereocenters. The standard InChI is InChI=1S/C12H22N6/c1-3-9-10(13)16-12(14)17-11(9)18-6-4-5-8(7-18)15-2/h8,15H,3-7H2,1-2H3,(H4,13,14,16,17). The average Bonchev–Trinajstić information content (AvgIpc) is 2.38. The van der Waals surface area contributed by atoms with Gasteiger partial charge in [-0.05, 0) is 26.3 Å². The van der Waals surface area contributed by atoms with Crippen molar-refractivity contribution in [2.45, 2.75) is 32.2 Å². The number of nitrogen functional groups attached to an aromatic ring is 2. The highest BCUT2D eigenvalue weighted by Crippen LogP contribution is 2.26. The molecule has 18 heavy (non-hydrogen) atoms. The Morgan fingerprint density at radius 2 is 2.17 bits per heavy atom. The fraction of sp³-hybridized carbons (Fsp3) is 0.667. The van der Waals surface area contributed by atoms with E-state index in [1.165, 1.54) is 6.42 Å². The first-order chi connectivity index (χ1) is 8.65. The first kappa shape index (κ1) is 12.9. The quantitative estimate of drug-likeness (QED) is 0.718. The zero-order chi connectivity index (χ0) is 13.1. The van der Waals surface area contributed by atoms with Crippen molar-refractivity contribution >= 4 is 17.6 Å². The Balaban J connectivity index is 2.31. The van der Waals surface area contributed by atoms with Crippen molar-refractivity contribution in [2.24, 2.45) is 0 Å². The maximum atomic E-state index is 5.93. The summed E-state index contributed by atoms with van der Waals surface area (Å²) < 4.78 is 0. The summed E-state index contributed by atoms with van der Waals surface area (Å²) in [4.78, 5) is 10.7. The molecule has 2 heterocycles. The molecule has 5 N–H and O–H groups in total. The Bertz CT molecular complexity index is 419. The highest BCUT2D eigenvalue weighted by molar-refractivity contribution is 5.60. The second-order valence-electron chi connectivity index (χ2n) is 4.70. The predicted octanol–water partition coefficient (Wildman–Crippen LogP) is 0.392. The number of anilines is 3. The molecule has 1 aromatic heterocycles. The van der Waals surface area contributed by atoms with Crippen LogP contribution < -0.4 is 21.7 Å². The van der Waals surface area contributed by atoms with Gasteiger partial charge in [-0.3, -0.25) is 0 Å². The normalized spacial score (nSPS) is 20.1. The summed E-state index contributed by atoms with van der Waals surface area (Å²) in [6.45, 7) is 4.01. The van der Waals surface area contributed by atoms with E-state index in [0.717, 1.165) is 37.3 Å². The van der Waals surface area contributed by atoms with Crippen LogP contribution in [-0.4, -0.2) is 36.1 Å². The Morgan fingerprint density at radius 3 is 2.83 bits per heavy atom. The minimum atomic E-state index is 0.256. The molecule has 1 fully saturated rings. The van der Waals surface area contributed by atoms with Gasteiger partial charge in [0.1, 0.15) is 11.6 Å². The van der Waals surface area contributed by atoms with Gasteiger partial charge in [0.15, 0.2) is 0 Å². The van der Waals surface area contributed by atoms with E-state index in [1.54, 1.807) is 0 Å². The molecule has 0 aliphatic carbocycles. The number of nitrogens with two attached hydrogens (primary N) is 2. The smallest absolute Gasteiger partial charge is 0.223 e. The van der Waals surface area contributed by atoms with Crippen molar-refractivity contribution in [1.82, 2.24) is 15.3 Å². The van der Waals surface area contributed by atoms with Gasteiger partial charge in [0.05, 0.1) is 0 Å². The third-order valence-corrected chi connectivity index (χ3v) is 3.52. The van der Waals surface area contributed by atoms with E-state index in [9.17, 15) is 0 Å². The van der Waals surface area contributed by atoms with Crippen molar-refractivity contribution in [3.63, 3.8) is 0 Å². The monoisotopic (exact) mass is 250 g/mol. The molecule has 2 rings (SSSR count). The third-order valence-electron chi connectivity index (χ3n) is 3.52. The minimum absolute atomic E-state index is 0.256. The van der Waals surface area contributed by atoms with Crippen molar-refractivity contribution < 1.29 is 0 Å². The molecule has 1 aliphatic rings. The van der Waals surface area contributed by atoms with Gasteiger partial charge in [0, 0.05) is 24.7 Å². The van der Waals surface area contributed by atoms with Gasteiger partial charge in [-0.2, -0.15) is 9.97 Å². The van der Waals surface area contributed by atoms with Crippen LogP contribution >= 0.6 is 0 Å². The van der Waals surface area contributed by atoms with E-state index in [1.807, 2.05) is 7.05 Å². The number of likely N-dealkylation sites (N-methyl/N-ethyl adjacent to an activating group) is 1. The van der Waals surface area contributed by atoms with Crippen LogP contribution in [0.1, 0.15) is 25.3 Å². The molecule has 0 spiro atoms. The molecule has 6 heteroatoms. The number of rotatable bonds is 3. The molecule has 1 aromatic rings. The van der Waals surface area contributed by atoms with Gasteiger partial charge in [-0.15, -0.1) is 0 Å². The lowest BCUT2D eigenvalue weighted by atomic mass is 10.0. The van der Waals surface area contributed by atoms with Gasteiger partial charge in [0.25, 0.3) is 0 Å². The van der Waals surface area contributed by atoms with Gasteiger partial charge in [0.2, 0.25) is 5.95 Å². The van der Waals surface area contributed by atoms with Crippen LogP contribution in [0.3, 0.4) is 0 Å². The summed E-state index contributed by atoms with van der Waals surface area (Å²) in [5.74, 6) is 1.67. The molecule has 0 aromatic carbocycles. The van der Waals surface area contributed by atoms with Crippen molar-refractivity contribution in [3.8, 4) is 0 Å². The van der Waals surface area contributed by atoms with Gasteiger partial charge in [-0.1, -0.05) is 6.92 Å². The summed E-state index contributed by atoms with van der Waals surface area (Å²) in [7, 11) is 2.00. The van der Waals surface area contributed by atoms with E-state index in [0.29, 0.717) is 11.9 Å². The van der Waals surface area contributed by atoms with Crippen LogP contribution in [0.4, 0.5) is 17.6 Å².